The van der Waals surface area contributed by atoms with Crippen molar-refractivity contribution in [3.8, 4) is 0 Å². The van der Waals surface area contributed by atoms with E-state index in [0.29, 0.717) is 0 Å². The van der Waals surface area contributed by atoms with E-state index >= 15 is 0 Å². The number of Topliss-reactive ketones (excluding diaryl/α,β-unsaturated/α-hetero) is 1. The van der Waals surface area contributed by atoms with Gasteiger partial charge in [0.05, 0.1) is 25.3 Å². The third-order valence-corrected chi connectivity index (χ3v) is 2.35. The minimum atomic E-state index is -2.61. The highest BCUT2D eigenvalue weighted by atomic mass is 19.3. The standard InChI is InChI=1S/C12H14F3NO2/c13-10-4-2-1-3-9(10)11(18)7-16(5-6-17)8-12(14)15/h1-4,12,17H,5-8H2. The normalized spacial score (nSPS) is 11.2. The maximum absolute atomic E-state index is 13.3. The molecule has 0 unspecified atom stereocenters. The van der Waals surface area contributed by atoms with Crippen LogP contribution in [0.25, 0.3) is 0 Å². The van der Waals surface area contributed by atoms with Gasteiger partial charge >= 0.3 is 0 Å². The molecule has 1 N–H and O–H groups in total. The maximum atomic E-state index is 13.3. The van der Waals surface area contributed by atoms with Crippen molar-refractivity contribution in [3.05, 3.63) is 35.6 Å². The van der Waals surface area contributed by atoms with Gasteiger partial charge in [0.1, 0.15) is 5.82 Å². The van der Waals surface area contributed by atoms with E-state index in [1.165, 1.54) is 18.2 Å². The first-order valence-electron chi connectivity index (χ1n) is 5.43. The molecule has 1 aromatic rings. The molecule has 0 aliphatic rings. The molecule has 0 spiro atoms. The number of aliphatic hydroxyl groups is 1. The van der Waals surface area contributed by atoms with Gasteiger partial charge in [0.2, 0.25) is 0 Å². The van der Waals surface area contributed by atoms with Gasteiger partial charge in [-0.05, 0) is 12.1 Å². The molecular formula is C12H14F3NO2. The Hall–Kier alpha value is -1.40. The number of nitrogens with zero attached hydrogens (tertiary/aromatic N) is 1. The summed E-state index contributed by atoms with van der Waals surface area (Å²) in [5.41, 5.74) is -0.130. The molecule has 0 aliphatic carbocycles. The highest BCUT2D eigenvalue weighted by molar-refractivity contribution is 5.97. The van der Waals surface area contributed by atoms with Crippen LogP contribution in [0.4, 0.5) is 13.2 Å². The fourth-order valence-electron chi connectivity index (χ4n) is 1.55. The molecule has 18 heavy (non-hydrogen) atoms. The van der Waals surface area contributed by atoms with Gasteiger partial charge < -0.3 is 5.11 Å². The Kier molecular flexibility index (Phi) is 5.80. The molecule has 0 saturated heterocycles. The number of rotatable bonds is 7. The molecule has 0 amide bonds. The topological polar surface area (TPSA) is 40.5 Å². The molecule has 1 aromatic carbocycles. The van der Waals surface area contributed by atoms with Crippen LogP contribution in [0.3, 0.4) is 0 Å². The molecule has 100 valence electrons. The zero-order valence-electron chi connectivity index (χ0n) is 9.65. The highest BCUT2D eigenvalue weighted by Gasteiger charge is 2.18. The van der Waals surface area contributed by atoms with Crippen molar-refractivity contribution in [2.75, 3.05) is 26.2 Å². The monoisotopic (exact) mass is 261 g/mol. The molecular weight excluding hydrogens is 247 g/mol. The number of ketones is 1. The summed E-state index contributed by atoms with van der Waals surface area (Å²) in [6, 6.07) is 5.38. The molecule has 0 saturated carbocycles. The predicted octanol–water partition coefficient (Wildman–Crippen LogP) is 1.57. The quantitative estimate of drug-likeness (QED) is 0.757. The van der Waals surface area contributed by atoms with Gasteiger partial charge in [0.15, 0.2) is 5.78 Å². The Balaban J connectivity index is 2.69. The molecule has 0 atom stereocenters. The van der Waals surface area contributed by atoms with Crippen LogP contribution in [0.5, 0.6) is 0 Å². The fourth-order valence-corrected chi connectivity index (χ4v) is 1.55. The Bertz CT molecular complexity index is 399. The maximum Gasteiger partial charge on any atom is 0.251 e. The Labute approximate surface area is 103 Å². The average Bonchev–Trinajstić information content (AvgIpc) is 2.28. The number of alkyl halides is 2. The minimum absolute atomic E-state index is 0.0511. The first-order valence-corrected chi connectivity index (χ1v) is 5.43. The molecule has 0 aliphatic heterocycles. The molecule has 0 bridgehead atoms. The van der Waals surface area contributed by atoms with Crippen LogP contribution in [-0.2, 0) is 0 Å². The lowest BCUT2D eigenvalue weighted by molar-refractivity contribution is 0.0687. The van der Waals surface area contributed by atoms with Crippen molar-refractivity contribution < 1.29 is 23.1 Å². The summed E-state index contributed by atoms with van der Waals surface area (Å²) < 4.78 is 37.8. The first-order chi connectivity index (χ1) is 8.54. The van der Waals surface area contributed by atoms with Crippen LogP contribution in [0, 0.1) is 5.82 Å². The van der Waals surface area contributed by atoms with Crippen molar-refractivity contribution >= 4 is 5.78 Å². The summed E-state index contributed by atoms with van der Waals surface area (Å²) in [6.07, 6.45) is -2.61. The summed E-state index contributed by atoms with van der Waals surface area (Å²) in [6.45, 7) is -1.35. The molecule has 6 heteroatoms. The second kappa shape index (κ2) is 7.13. The number of carbonyl (C=O) groups excluding carboxylic acids is 1. The van der Waals surface area contributed by atoms with Crippen LogP contribution in [0.2, 0.25) is 0 Å². The van der Waals surface area contributed by atoms with Crippen LogP contribution in [-0.4, -0.2) is 48.5 Å². The van der Waals surface area contributed by atoms with E-state index in [1.807, 2.05) is 0 Å². The zero-order valence-corrected chi connectivity index (χ0v) is 9.65. The summed E-state index contributed by atoms with van der Waals surface area (Å²) in [5, 5.41) is 8.72. The number of halogens is 3. The van der Waals surface area contributed by atoms with Gasteiger partial charge in [-0.25, -0.2) is 13.2 Å². The van der Waals surface area contributed by atoms with Crippen molar-refractivity contribution in [3.63, 3.8) is 0 Å². The van der Waals surface area contributed by atoms with Crippen LogP contribution in [0.1, 0.15) is 10.4 Å². The van der Waals surface area contributed by atoms with Gasteiger partial charge in [0.25, 0.3) is 6.43 Å². The van der Waals surface area contributed by atoms with E-state index < -0.39 is 24.6 Å². The van der Waals surface area contributed by atoms with Gasteiger partial charge in [-0.3, -0.25) is 9.69 Å². The summed E-state index contributed by atoms with van der Waals surface area (Å²) in [4.78, 5) is 12.8. The summed E-state index contributed by atoms with van der Waals surface area (Å²) in [5.74, 6) is -1.26. The van der Waals surface area contributed by atoms with E-state index in [0.717, 1.165) is 11.0 Å². The van der Waals surface area contributed by atoms with E-state index in [2.05, 4.69) is 0 Å². The summed E-state index contributed by atoms with van der Waals surface area (Å²) >= 11 is 0. The SMILES string of the molecule is O=C(CN(CCO)CC(F)F)c1ccccc1F. The van der Waals surface area contributed by atoms with Crippen molar-refractivity contribution in [1.29, 1.82) is 0 Å². The lowest BCUT2D eigenvalue weighted by Crippen LogP contribution is -2.36. The molecule has 0 fully saturated rings. The van der Waals surface area contributed by atoms with E-state index in [9.17, 15) is 18.0 Å². The second-order valence-electron chi connectivity index (χ2n) is 3.75. The molecule has 0 radical (unpaired) electrons. The number of hydrogen-bond acceptors (Lipinski definition) is 3. The Morgan fingerprint density at radius 1 is 1.33 bits per heavy atom. The van der Waals surface area contributed by atoms with Crippen LogP contribution in [0.15, 0.2) is 24.3 Å². The van der Waals surface area contributed by atoms with E-state index in [4.69, 9.17) is 5.11 Å². The van der Waals surface area contributed by atoms with E-state index in [1.54, 1.807) is 0 Å². The molecule has 1 rings (SSSR count). The van der Waals surface area contributed by atoms with Gasteiger partial charge in [-0.1, -0.05) is 12.1 Å². The number of carbonyl (C=O) groups is 1. The number of benzene rings is 1. The zero-order chi connectivity index (χ0) is 13.5. The van der Waals surface area contributed by atoms with Gasteiger partial charge in [0, 0.05) is 6.54 Å². The molecule has 3 nitrogen and oxygen atoms in total. The minimum Gasteiger partial charge on any atom is -0.395 e. The van der Waals surface area contributed by atoms with Crippen LogP contribution < -0.4 is 0 Å². The van der Waals surface area contributed by atoms with Crippen LogP contribution >= 0.6 is 0 Å². The summed E-state index contributed by atoms with van der Waals surface area (Å²) in [7, 11) is 0. The van der Waals surface area contributed by atoms with Crippen molar-refractivity contribution in [2.24, 2.45) is 0 Å². The molecule has 0 heterocycles. The smallest absolute Gasteiger partial charge is 0.251 e. The largest absolute Gasteiger partial charge is 0.395 e. The van der Waals surface area contributed by atoms with Gasteiger partial charge in [-0.2, -0.15) is 0 Å². The lowest BCUT2D eigenvalue weighted by Gasteiger charge is -2.19. The average molecular weight is 261 g/mol. The van der Waals surface area contributed by atoms with Crippen molar-refractivity contribution in [1.82, 2.24) is 4.90 Å². The van der Waals surface area contributed by atoms with E-state index in [-0.39, 0.29) is 25.3 Å². The predicted molar refractivity (Wildman–Crippen MR) is 60.3 cm³/mol. The lowest BCUT2D eigenvalue weighted by atomic mass is 10.1. The number of hydrogen-bond donors (Lipinski definition) is 1. The number of aliphatic hydroxyl groups excluding tert-OH is 1. The third-order valence-electron chi connectivity index (χ3n) is 2.35. The second-order valence-corrected chi connectivity index (χ2v) is 3.75. The third kappa shape index (κ3) is 4.46. The Morgan fingerprint density at radius 2 is 2.00 bits per heavy atom. The highest BCUT2D eigenvalue weighted by Crippen LogP contribution is 2.09. The molecule has 0 aromatic heterocycles. The van der Waals surface area contributed by atoms with Crippen molar-refractivity contribution in [2.45, 2.75) is 6.43 Å². The first kappa shape index (κ1) is 14.7. The Morgan fingerprint density at radius 3 is 2.56 bits per heavy atom. The fraction of sp³-hybridized carbons (Fsp3) is 0.417. The van der Waals surface area contributed by atoms with Gasteiger partial charge in [-0.15, -0.1) is 0 Å².